The van der Waals surface area contributed by atoms with Crippen LogP contribution in [0.5, 0.6) is 0 Å². The third kappa shape index (κ3) is 4.92. The van der Waals surface area contributed by atoms with Crippen molar-refractivity contribution in [1.29, 1.82) is 0 Å². The summed E-state index contributed by atoms with van der Waals surface area (Å²) in [7, 11) is 0. The third-order valence-corrected chi connectivity index (χ3v) is 4.14. The van der Waals surface area contributed by atoms with Gasteiger partial charge in [0.1, 0.15) is 5.82 Å². The van der Waals surface area contributed by atoms with Crippen LogP contribution in [0.15, 0.2) is 54.7 Å². The second-order valence-electron chi connectivity index (χ2n) is 5.05. The van der Waals surface area contributed by atoms with Crippen LogP contribution in [-0.4, -0.2) is 25.7 Å². The molecule has 0 spiro atoms. The first kappa shape index (κ1) is 16.2. The molecule has 0 aliphatic rings. The number of nitrogens with zero attached hydrogens (tertiary/aromatic N) is 4. The molecular formula is C17H18N6S. The van der Waals surface area contributed by atoms with Gasteiger partial charge in [-0.3, -0.25) is 4.98 Å². The lowest BCUT2D eigenvalue weighted by Gasteiger charge is -2.07. The molecule has 0 aliphatic carbocycles. The highest BCUT2D eigenvalue weighted by molar-refractivity contribution is 7.98. The fraction of sp³-hybridized carbons (Fsp3) is 0.176. The Morgan fingerprint density at radius 1 is 0.958 bits per heavy atom. The summed E-state index contributed by atoms with van der Waals surface area (Å²) < 4.78 is 0. The summed E-state index contributed by atoms with van der Waals surface area (Å²) in [5.41, 5.74) is 7.79. The average molecular weight is 338 g/mol. The molecule has 0 unspecified atom stereocenters. The number of rotatable bonds is 7. The first-order chi connectivity index (χ1) is 11.8. The van der Waals surface area contributed by atoms with Gasteiger partial charge in [0.25, 0.3) is 0 Å². The minimum Gasteiger partial charge on any atom is -0.368 e. The zero-order chi connectivity index (χ0) is 16.6. The maximum atomic E-state index is 5.79. The third-order valence-electron chi connectivity index (χ3n) is 3.19. The molecule has 3 N–H and O–H groups in total. The Kier molecular flexibility index (Phi) is 5.57. The fourth-order valence-electron chi connectivity index (χ4n) is 2.10. The van der Waals surface area contributed by atoms with Gasteiger partial charge in [-0.2, -0.15) is 26.7 Å². The van der Waals surface area contributed by atoms with Crippen molar-refractivity contribution < 1.29 is 0 Å². The molecule has 3 rings (SSSR count). The summed E-state index contributed by atoms with van der Waals surface area (Å²) in [6.45, 7) is 0. The number of aryl methyl sites for hydroxylation is 1. The number of para-hydroxylation sites is 1. The average Bonchev–Trinajstić information content (AvgIpc) is 2.60. The van der Waals surface area contributed by atoms with Crippen LogP contribution in [0.25, 0.3) is 0 Å². The van der Waals surface area contributed by atoms with Gasteiger partial charge in [0.15, 0.2) is 0 Å². The molecule has 7 heteroatoms. The molecule has 122 valence electrons. The van der Waals surface area contributed by atoms with Crippen LogP contribution in [-0.2, 0) is 12.2 Å². The van der Waals surface area contributed by atoms with E-state index in [0.717, 1.165) is 23.6 Å². The van der Waals surface area contributed by atoms with Gasteiger partial charge in [0.2, 0.25) is 11.9 Å². The monoisotopic (exact) mass is 338 g/mol. The van der Waals surface area contributed by atoms with Crippen molar-refractivity contribution in [2.75, 3.05) is 16.8 Å². The number of nitrogen functional groups attached to an aromatic ring is 1. The van der Waals surface area contributed by atoms with Gasteiger partial charge in [-0.1, -0.05) is 24.3 Å². The summed E-state index contributed by atoms with van der Waals surface area (Å²) >= 11 is 1.75. The van der Waals surface area contributed by atoms with E-state index in [-0.39, 0.29) is 5.95 Å². The number of nitrogens with two attached hydrogens (primary N) is 1. The molecule has 3 aromatic rings. The molecule has 0 amide bonds. The summed E-state index contributed by atoms with van der Waals surface area (Å²) in [4.78, 5) is 17.1. The normalized spacial score (nSPS) is 10.5. The molecule has 1 aromatic carbocycles. The molecule has 0 aliphatic heterocycles. The topological polar surface area (TPSA) is 89.6 Å². The van der Waals surface area contributed by atoms with Crippen LogP contribution in [0.4, 0.5) is 17.6 Å². The zero-order valence-corrected chi connectivity index (χ0v) is 13.9. The lowest BCUT2D eigenvalue weighted by Crippen LogP contribution is -2.06. The van der Waals surface area contributed by atoms with Gasteiger partial charge in [0, 0.05) is 17.6 Å². The van der Waals surface area contributed by atoms with Crippen molar-refractivity contribution in [2.45, 2.75) is 12.2 Å². The van der Waals surface area contributed by atoms with E-state index in [2.05, 4.69) is 25.3 Å². The summed E-state index contributed by atoms with van der Waals surface area (Å²) in [6, 6.07) is 15.7. The molecule has 24 heavy (non-hydrogen) atoms. The Morgan fingerprint density at radius 2 is 1.79 bits per heavy atom. The van der Waals surface area contributed by atoms with E-state index >= 15 is 0 Å². The highest BCUT2D eigenvalue weighted by Gasteiger charge is 2.05. The molecule has 2 aromatic heterocycles. The van der Waals surface area contributed by atoms with Gasteiger partial charge in [-0.05, 0) is 36.4 Å². The highest BCUT2D eigenvalue weighted by Crippen LogP contribution is 2.15. The molecule has 0 saturated carbocycles. The minimum atomic E-state index is 0.226. The van der Waals surface area contributed by atoms with E-state index < -0.39 is 0 Å². The van der Waals surface area contributed by atoms with Crippen molar-refractivity contribution in [2.24, 2.45) is 0 Å². The SMILES string of the molecule is Nc1nc(CSCCc2ccccn2)nc(Nc2ccccc2)n1. The highest BCUT2D eigenvalue weighted by atomic mass is 32.2. The number of hydrogen-bond acceptors (Lipinski definition) is 7. The van der Waals surface area contributed by atoms with Crippen LogP contribution in [0.3, 0.4) is 0 Å². The Bertz CT molecular complexity index is 767. The lowest BCUT2D eigenvalue weighted by atomic mass is 10.3. The Balaban J connectivity index is 1.55. The van der Waals surface area contributed by atoms with E-state index in [1.165, 1.54) is 0 Å². The molecule has 0 saturated heterocycles. The number of thioether (sulfide) groups is 1. The van der Waals surface area contributed by atoms with Crippen LogP contribution >= 0.6 is 11.8 Å². The molecule has 0 bridgehead atoms. The lowest BCUT2D eigenvalue weighted by molar-refractivity contribution is 0.979. The van der Waals surface area contributed by atoms with Gasteiger partial charge in [-0.15, -0.1) is 0 Å². The number of aromatic nitrogens is 4. The Morgan fingerprint density at radius 3 is 2.58 bits per heavy atom. The smallest absolute Gasteiger partial charge is 0.232 e. The van der Waals surface area contributed by atoms with Crippen molar-refractivity contribution in [3.8, 4) is 0 Å². The van der Waals surface area contributed by atoms with E-state index in [4.69, 9.17) is 5.73 Å². The van der Waals surface area contributed by atoms with Crippen LogP contribution < -0.4 is 11.1 Å². The van der Waals surface area contributed by atoms with Crippen molar-refractivity contribution in [3.05, 3.63) is 66.2 Å². The van der Waals surface area contributed by atoms with Crippen molar-refractivity contribution in [1.82, 2.24) is 19.9 Å². The van der Waals surface area contributed by atoms with Gasteiger partial charge >= 0.3 is 0 Å². The van der Waals surface area contributed by atoms with Crippen molar-refractivity contribution in [3.63, 3.8) is 0 Å². The number of benzene rings is 1. The summed E-state index contributed by atoms with van der Waals surface area (Å²) in [6.07, 6.45) is 2.73. The maximum absolute atomic E-state index is 5.79. The molecule has 2 heterocycles. The van der Waals surface area contributed by atoms with Gasteiger partial charge < -0.3 is 11.1 Å². The van der Waals surface area contributed by atoms with E-state index in [1.54, 1.807) is 11.8 Å². The zero-order valence-electron chi connectivity index (χ0n) is 13.1. The van der Waals surface area contributed by atoms with E-state index in [0.29, 0.717) is 17.5 Å². The second kappa shape index (κ2) is 8.26. The van der Waals surface area contributed by atoms with Gasteiger partial charge in [-0.25, -0.2) is 0 Å². The first-order valence-corrected chi connectivity index (χ1v) is 8.75. The fourth-order valence-corrected chi connectivity index (χ4v) is 2.90. The Labute approximate surface area is 145 Å². The van der Waals surface area contributed by atoms with E-state index in [1.807, 2.05) is 54.7 Å². The predicted octanol–water partition coefficient (Wildman–Crippen LogP) is 3.07. The molecule has 0 radical (unpaired) electrons. The van der Waals surface area contributed by atoms with Crippen LogP contribution in [0, 0.1) is 0 Å². The molecule has 0 fully saturated rings. The predicted molar refractivity (Wildman–Crippen MR) is 98.1 cm³/mol. The van der Waals surface area contributed by atoms with Gasteiger partial charge in [0.05, 0.1) is 5.75 Å². The van der Waals surface area contributed by atoms with E-state index in [9.17, 15) is 0 Å². The largest absolute Gasteiger partial charge is 0.368 e. The quantitative estimate of drug-likeness (QED) is 0.640. The Hall–Kier alpha value is -2.67. The molecular weight excluding hydrogens is 320 g/mol. The summed E-state index contributed by atoms with van der Waals surface area (Å²) in [5.74, 6) is 3.00. The van der Waals surface area contributed by atoms with Crippen LogP contribution in [0.2, 0.25) is 0 Å². The maximum Gasteiger partial charge on any atom is 0.232 e. The number of hydrogen-bond donors (Lipinski definition) is 2. The first-order valence-electron chi connectivity index (χ1n) is 7.60. The standard InChI is InChI=1S/C17H18N6S/c18-16-21-15(12-24-11-9-13-6-4-5-10-19-13)22-17(23-16)20-14-7-2-1-3-8-14/h1-8,10H,9,11-12H2,(H3,18,20,21,22,23). The van der Waals surface area contributed by atoms with Crippen molar-refractivity contribution >= 4 is 29.3 Å². The molecule has 0 atom stereocenters. The number of anilines is 3. The molecule has 6 nitrogen and oxygen atoms in total. The number of nitrogens with one attached hydrogen (secondary N) is 1. The van der Waals surface area contributed by atoms with Crippen LogP contribution in [0.1, 0.15) is 11.5 Å². The minimum absolute atomic E-state index is 0.226. The second-order valence-corrected chi connectivity index (χ2v) is 6.15. The summed E-state index contributed by atoms with van der Waals surface area (Å²) in [5, 5.41) is 3.14. The number of pyridine rings is 1.